The van der Waals surface area contributed by atoms with Crippen molar-refractivity contribution in [2.45, 2.75) is 13.8 Å². The van der Waals surface area contributed by atoms with Crippen molar-refractivity contribution >= 4 is 21.7 Å². The van der Waals surface area contributed by atoms with Crippen molar-refractivity contribution < 1.29 is 21.7 Å². The highest BCUT2D eigenvalue weighted by molar-refractivity contribution is 7.80. The lowest BCUT2D eigenvalue weighted by molar-refractivity contribution is -0.678. The van der Waals surface area contributed by atoms with Crippen LogP contribution in [0.4, 0.5) is 0 Å². The number of aromatic nitrogens is 1. The fourth-order valence-corrected chi connectivity index (χ4v) is 1.38. The Hall–Kier alpha value is -0.500. The van der Waals surface area contributed by atoms with Crippen LogP contribution in [0, 0.1) is 13.8 Å². The second-order valence-corrected chi connectivity index (χ2v) is 4.74. The lowest BCUT2D eigenvalue weighted by Gasteiger charge is -1.98. The molecule has 0 amide bonds. The fourth-order valence-electron chi connectivity index (χ4n) is 0.577. The van der Waals surface area contributed by atoms with Gasteiger partial charge in [-0.05, 0) is 0 Å². The maximum Gasteiger partial charge on any atom is 0.234 e. The molecule has 0 fully saturated rings. The molecular formula is C7H13NO4S2. The van der Waals surface area contributed by atoms with Gasteiger partial charge in [0.2, 0.25) is 15.4 Å². The van der Waals surface area contributed by atoms with Gasteiger partial charge in [-0.15, -0.1) is 0 Å². The molecule has 0 radical (unpaired) electrons. The molecule has 1 heterocycles. The van der Waals surface area contributed by atoms with Crippen LogP contribution in [0.3, 0.4) is 0 Å². The molecular weight excluding hydrogens is 226 g/mol. The van der Waals surface area contributed by atoms with Crippen molar-refractivity contribution in [1.82, 2.24) is 0 Å². The van der Waals surface area contributed by atoms with E-state index < -0.39 is 10.4 Å². The first-order valence-corrected chi connectivity index (χ1v) is 5.91. The van der Waals surface area contributed by atoms with Gasteiger partial charge in [-0.25, -0.2) is 8.42 Å². The van der Waals surface area contributed by atoms with E-state index in [1.165, 1.54) is 10.7 Å². The summed E-state index contributed by atoms with van der Waals surface area (Å²) in [6.07, 6.45) is 0. The smallest absolute Gasteiger partial charge is 0.234 e. The molecule has 0 aliphatic carbocycles. The molecule has 14 heavy (non-hydrogen) atoms. The Morgan fingerprint density at radius 2 is 1.93 bits per heavy atom. The third kappa shape index (κ3) is 5.28. The SMILES string of the molecule is COS(=O)(=O)[O-].Cc1csc(C)[n+]1C. The predicted octanol–water partition coefficient (Wildman–Crippen LogP) is 0.282. The van der Waals surface area contributed by atoms with E-state index in [4.69, 9.17) is 0 Å². The molecule has 0 N–H and O–H groups in total. The van der Waals surface area contributed by atoms with Gasteiger partial charge < -0.3 is 4.55 Å². The largest absolute Gasteiger partial charge is 0.726 e. The second-order valence-electron chi connectivity index (χ2n) is 2.53. The highest BCUT2D eigenvalue weighted by atomic mass is 32.3. The van der Waals surface area contributed by atoms with Gasteiger partial charge >= 0.3 is 0 Å². The van der Waals surface area contributed by atoms with Gasteiger partial charge in [0, 0.05) is 13.8 Å². The minimum Gasteiger partial charge on any atom is -0.726 e. The third-order valence-electron chi connectivity index (χ3n) is 1.61. The van der Waals surface area contributed by atoms with Gasteiger partial charge in [-0.3, -0.25) is 4.18 Å². The van der Waals surface area contributed by atoms with Gasteiger partial charge in [-0.2, -0.15) is 4.57 Å². The van der Waals surface area contributed by atoms with E-state index in [-0.39, 0.29) is 0 Å². The number of thiazole rings is 1. The molecule has 0 unspecified atom stereocenters. The molecule has 0 aromatic carbocycles. The highest BCUT2D eigenvalue weighted by Crippen LogP contribution is 2.02. The first-order chi connectivity index (χ1) is 6.28. The first kappa shape index (κ1) is 13.5. The van der Waals surface area contributed by atoms with E-state index in [2.05, 4.69) is 35.0 Å². The standard InChI is InChI=1S/C6H10NS.CH4O4S/c1-5-4-8-6(2)7(5)3;1-5-6(2,3)4/h4H,1-3H3;1H3,(H,2,3,4)/q+1;/p-1. The summed E-state index contributed by atoms with van der Waals surface area (Å²) in [4.78, 5) is 0. The fraction of sp³-hybridized carbons (Fsp3) is 0.571. The Morgan fingerprint density at radius 1 is 1.50 bits per heavy atom. The van der Waals surface area contributed by atoms with Crippen molar-refractivity contribution in [2.24, 2.45) is 7.05 Å². The highest BCUT2D eigenvalue weighted by Gasteiger charge is 2.04. The lowest BCUT2D eigenvalue weighted by Crippen LogP contribution is -2.31. The van der Waals surface area contributed by atoms with Crippen LogP contribution in [0.5, 0.6) is 0 Å². The van der Waals surface area contributed by atoms with E-state index >= 15 is 0 Å². The van der Waals surface area contributed by atoms with Crippen LogP contribution >= 0.6 is 11.3 Å². The van der Waals surface area contributed by atoms with Crippen molar-refractivity contribution in [3.8, 4) is 0 Å². The average Bonchev–Trinajstić information content (AvgIpc) is 2.36. The first-order valence-electron chi connectivity index (χ1n) is 3.70. The Bertz CT molecular complexity index is 363. The molecule has 5 nitrogen and oxygen atoms in total. The van der Waals surface area contributed by atoms with E-state index in [1.807, 2.05) is 0 Å². The van der Waals surface area contributed by atoms with Crippen molar-refractivity contribution in [3.63, 3.8) is 0 Å². The van der Waals surface area contributed by atoms with Gasteiger partial charge in [0.25, 0.3) is 0 Å². The molecule has 0 aliphatic heterocycles. The normalized spacial score (nSPS) is 10.6. The average molecular weight is 239 g/mol. The van der Waals surface area contributed by atoms with Gasteiger partial charge in [0.05, 0.1) is 12.5 Å². The molecule has 0 atom stereocenters. The zero-order valence-corrected chi connectivity index (χ0v) is 10.1. The molecule has 0 spiro atoms. The third-order valence-corrected chi connectivity index (χ3v) is 3.09. The van der Waals surface area contributed by atoms with E-state index in [0.29, 0.717) is 0 Å². The Morgan fingerprint density at radius 3 is 2.00 bits per heavy atom. The van der Waals surface area contributed by atoms with E-state index in [1.54, 1.807) is 11.3 Å². The predicted molar refractivity (Wildman–Crippen MR) is 51.7 cm³/mol. The van der Waals surface area contributed by atoms with Crippen molar-refractivity contribution in [3.05, 3.63) is 16.1 Å². The van der Waals surface area contributed by atoms with Gasteiger partial charge in [0.1, 0.15) is 7.05 Å². The molecule has 1 rings (SSSR count). The molecule has 0 bridgehead atoms. The monoisotopic (exact) mass is 239 g/mol. The van der Waals surface area contributed by atoms with E-state index in [0.717, 1.165) is 7.11 Å². The zero-order valence-electron chi connectivity index (χ0n) is 8.47. The Balaban J connectivity index is 0.000000255. The van der Waals surface area contributed by atoms with Gasteiger partial charge in [-0.1, -0.05) is 11.3 Å². The maximum absolute atomic E-state index is 9.22. The number of hydrogen-bond acceptors (Lipinski definition) is 5. The summed E-state index contributed by atoms with van der Waals surface area (Å²) in [5.41, 5.74) is 1.34. The summed E-state index contributed by atoms with van der Waals surface area (Å²) in [6, 6.07) is 0. The number of hydrogen-bond donors (Lipinski definition) is 0. The summed E-state index contributed by atoms with van der Waals surface area (Å²) in [7, 11) is -1.52. The topological polar surface area (TPSA) is 70.3 Å². The van der Waals surface area contributed by atoms with Crippen LogP contribution < -0.4 is 4.57 Å². The van der Waals surface area contributed by atoms with Crippen LogP contribution in [0.25, 0.3) is 0 Å². The molecule has 0 aliphatic rings. The summed E-state index contributed by atoms with van der Waals surface area (Å²) in [6.45, 7) is 4.24. The van der Waals surface area contributed by atoms with Crippen LogP contribution in [0.2, 0.25) is 0 Å². The molecule has 82 valence electrons. The quantitative estimate of drug-likeness (QED) is 0.401. The minimum absolute atomic E-state index is 0.808. The Kier molecular flexibility index (Phi) is 5.21. The molecule has 0 saturated heterocycles. The van der Waals surface area contributed by atoms with Crippen LogP contribution in [-0.4, -0.2) is 20.1 Å². The van der Waals surface area contributed by atoms with Crippen LogP contribution in [0.15, 0.2) is 5.38 Å². The van der Waals surface area contributed by atoms with Crippen molar-refractivity contribution in [1.29, 1.82) is 0 Å². The number of aryl methyl sites for hydroxylation is 2. The van der Waals surface area contributed by atoms with E-state index in [9.17, 15) is 13.0 Å². The summed E-state index contributed by atoms with van der Waals surface area (Å²) >= 11 is 1.79. The summed E-state index contributed by atoms with van der Waals surface area (Å²) in [5.74, 6) is 0. The summed E-state index contributed by atoms with van der Waals surface area (Å²) < 4.78 is 33.2. The Labute approximate surface area is 87.9 Å². The zero-order chi connectivity index (χ0) is 11.4. The minimum atomic E-state index is -4.41. The number of nitrogens with zero attached hydrogens (tertiary/aromatic N) is 1. The molecule has 0 saturated carbocycles. The molecule has 1 aromatic heterocycles. The van der Waals surface area contributed by atoms with Crippen molar-refractivity contribution in [2.75, 3.05) is 7.11 Å². The summed E-state index contributed by atoms with van der Waals surface area (Å²) in [5, 5.41) is 3.53. The van der Waals surface area contributed by atoms with Crippen LogP contribution in [0.1, 0.15) is 10.7 Å². The molecule has 1 aromatic rings. The molecule has 7 heteroatoms. The maximum atomic E-state index is 9.22. The van der Waals surface area contributed by atoms with Gasteiger partial charge in [0.15, 0.2) is 5.69 Å². The lowest BCUT2D eigenvalue weighted by atomic mass is 10.5. The number of rotatable bonds is 1. The van der Waals surface area contributed by atoms with Crippen LogP contribution in [-0.2, 0) is 21.6 Å². The second kappa shape index (κ2) is 5.40.